The maximum Gasteiger partial charge on any atom is 0.0716 e. The fourth-order valence-electron chi connectivity index (χ4n) is 1.84. The predicted molar refractivity (Wildman–Crippen MR) is 59.4 cm³/mol. The Morgan fingerprint density at radius 1 is 1.21 bits per heavy atom. The summed E-state index contributed by atoms with van der Waals surface area (Å²) in [5.74, 6) is 0. The molecular weight excluding hydrogens is 172 g/mol. The Balaban J connectivity index is 2.82. The molecule has 2 heteroatoms. The van der Waals surface area contributed by atoms with E-state index in [4.69, 9.17) is 0 Å². The minimum absolute atomic E-state index is 0.174. The van der Waals surface area contributed by atoms with Crippen LogP contribution in [0.2, 0.25) is 0 Å². The number of hydrogen-bond donors (Lipinski definition) is 0. The van der Waals surface area contributed by atoms with E-state index in [0.717, 1.165) is 0 Å². The molecule has 0 N–H and O–H groups in total. The van der Waals surface area contributed by atoms with Gasteiger partial charge in [-0.3, -0.25) is 4.68 Å². The van der Waals surface area contributed by atoms with E-state index in [1.165, 1.54) is 16.5 Å². The Hall–Kier alpha value is -1.31. The van der Waals surface area contributed by atoms with Crippen LogP contribution < -0.4 is 0 Å². The highest BCUT2D eigenvalue weighted by Gasteiger charge is 2.18. The van der Waals surface area contributed by atoms with Gasteiger partial charge in [-0.05, 0) is 11.0 Å². The van der Waals surface area contributed by atoms with Gasteiger partial charge in [-0.2, -0.15) is 5.10 Å². The summed E-state index contributed by atoms with van der Waals surface area (Å²) in [6, 6.07) is 6.40. The minimum Gasteiger partial charge on any atom is -0.268 e. The molecule has 0 atom stereocenters. The van der Waals surface area contributed by atoms with Crippen molar-refractivity contribution in [1.82, 2.24) is 9.78 Å². The molecule has 2 rings (SSSR count). The number of aryl methyl sites for hydroxylation is 1. The van der Waals surface area contributed by atoms with Crippen LogP contribution in [0.4, 0.5) is 0 Å². The standard InChI is InChI=1S/C12H16N2/c1-12(2,3)10-7-5-6-9-8-13-14(4)11(9)10/h5-8H,1-4H3. The summed E-state index contributed by atoms with van der Waals surface area (Å²) in [6.45, 7) is 6.69. The van der Waals surface area contributed by atoms with Crippen molar-refractivity contribution in [2.75, 3.05) is 0 Å². The van der Waals surface area contributed by atoms with E-state index >= 15 is 0 Å². The molecule has 0 bridgehead atoms. The van der Waals surface area contributed by atoms with Crippen molar-refractivity contribution in [2.24, 2.45) is 7.05 Å². The molecule has 14 heavy (non-hydrogen) atoms. The molecule has 0 saturated carbocycles. The van der Waals surface area contributed by atoms with Crippen LogP contribution in [0.5, 0.6) is 0 Å². The zero-order valence-electron chi connectivity index (χ0n) is 9.20. The molecule has 0 aliphatic rings. The van der Waals surface area contributed by atoms with Gasteiger partial charge in [0.25, 0.3) is 0 Å². The maximum absolute atomic E-state index is 4.29. The first-order valence-corrected chi connectivity index (χ1v) is 4.91. The Bertz CT molecular complexity index is 461. The molecule has 0 spiro atoms. The first kappa shape index (κ1) is 9.25. The van der Waals surface area contributed by atoms with Gasteiger partial charge in [0.05, 0.1) is 11.7 Å². The molecule has 0 saturated heterocycles. The van der Waals surface area contributed by atoms with E-state index in [2.05, 4.69) is 44.1 Å². The monoisotopic (exact) mass is 188 g/mol. The normalized spacial score (nSPS) is 12.3. The van der Waals surface area contributed by atoms with Crippen molar-refractivity contribution in [2.45, 2.75) is 26.2 Å². The third-order valence-corrected chi connectivity index (χ3v) is 2.57. The largest absolute Gasteiger partial charge is 0.268 e. The van der Waals surface area contributed by atoms with Gasteiger partial charge in [-0.15, -0.1) is 0 Å². The second kappa shape index (κ2) is 2.84. The smallest absolute Gasteiger partial charge is 0.0716 e. The molecule has 0 fully saturated rings. The second-order valence-electron chi connectivity index (χ2n) is 4.76. The summed E-state index contributed by atoms with van der Waals surface area (Å²) < 4.78 is 1.95. The lowest BCUT2D eigenvalue weighted by Crippen LogP contribution is -2.12. The molecule has 0 unspecified atom stereocenters. The lowest BCUT2D eigenvalue weighted by Gasteiger charge is -2.20. The molecule has 1 heterocycles. The van der Waals surface area contributed by atoms with E-state index in [1.54, 1.807) is 0 Å². The number of para-hydroxylation sites is 1. The molecule has 2 nitrogen and oxygen atoms in total. The Morgan fingerprint density at radius 2 is 1.93 bits per heavy atom. The number of nitrogens with zero attached hydrogens (tertiary/aromatic N) is 2. The van der Waals surface area contributed by atoms with E-state index in [-0.39, 0.29) is 5.41 Å². The first-order chi connectivity index (χ1) is 6.50. The number of hydrogen-bond acceptors (Lipinski definition) is 1. The Morgan fingerprint density at radius 3 is 2.57 bits per heavy atom. The molecule has 0 amide bonds. The third kappa shape index (κ3) is 1.31. The van der Waals surface area contributed by atoms with E-state index in [9.17, 15) is 0 Å². The molecule has 2 aromatic rings. The Labute approximate surface area is 84.5 Å². The maximum atomic E-state index is 4.29. The van der Waals surface area contributed by atoms with Crippen molar-refractivity contribution in [3.05, 3.63) is 30.0 Å². The molecule has 74 valence electrons. The number of rotatable bonds is 0. The number of aromatic nitrogens is 2. The zero-order valence-corrected chi connectivity index (χ0v) is 9.20. The average Bonchev–Trinajstić information content (AvgIpc) is 2.46. The van der Waals surface area contributed by atoms with Gasteiger partial charge in [-0.25, -0.2) is 0 Å². The molecule has 0 aliphatic carbocycles. The highest BCUT2D eigenvalue weighted by Crippen LogP contribution is 2.29. The molecule has 0 aliphatic heterocycles. The topological polar surface area (TPSA) is 17.8 Å². The fourth-order valence-corrected chi connectivity index (χ4v) is 1.84. The van der Waals surface area contributed by atoms with Gasteiger partial charge in [0, 0.05) is 12.4 Å². The van der Waals surface area contributed by atoms with E-state index in [0.29, 0.717) is 0 Å². The van der Waals surface area contributed by atoms with Crippen LogP contribution in [0.25, 0.3) is 10.9 Å². The predicted octanol–water partition coefficient (Wildman–Crippen LogP) is 2.87. The van der Waals surface area contributed by atoms with Crippen LogP contribution >= 0.6 is 0 Å². The first-order valence-electron chi connectivity index (χ1n) is 4.91. The van der Waals surface area contributed by atoms with Gasteiger partial charge in [0.15, 0.2) is 0 Å². The van der Waals surface area contributed by atoms with Crippen LogP contribution in [-0.4, -0.2) is 9.78 Å². The van der Waals surface area contributed by atoms with E-state index in [1.807, 2.05) is 17.9 Å². The highest BCUT2D eigenvalue weighted by atomic mass is 15.2. The van der Waals surface area contributed by atoms with Crippen LogP contribution in [0.3, 0.4) is 0 Å². The lowest BCUT2D eigenvalue weighted by atomic mass is 9.86. The SMILES string of the molecule is Cn1ncc2cccc(C(C)(C)C)c21. The van der Waals surface area contributed by atoms with Crippen molar-refractivity contribution < 1.29 is 0 Å². The third-order valence-electron chi connectivity index (χ3n) is 2.57. The van der Waals surface area contributed by atoms with Gasteiger partial charge < -0.3 is 0 Å². The van der Waals surface area contributed by atoms with Crippen molar-refractivity contribution in [3.8, 4) is 0 Å². The summed E-state index contributed by atoms with van der Waals surface area (Å²) in [4.78, 5) is 0. The van der Waals surface area contributed by atoms with Crippen LogP contribution in [0.1, 0.15) is 26.3 Å². The van der Waals surface area contributed by atoms with Crippen molar-refractivity contribution in [3.63, 3.8) is 0 Å². The van der Waals surface area contributed by atoms with Gasteiger partial charge in [0.2, 0.25) is 0 Å². The molecule has 1 aromatic carbocycles. The van der Waals surface area contributed by atoms with Gasteiger partial charge in [-0.1, -0.05) is 39.0 Å². The summed E-state index contributed by atoms with van der Waals surface area (Å²) in [5, 5.41) is 5.51. The summed E-state index contributed by atoms with van der Waals surface area (Å²) in [7, 11) is 2.00. The van der Waals surface area contributed by atoms with Crippen LogP contribution in [0.15, 0.2) is 24.4 Å². The average molecular weight is 188 g/mol. The fraction of sp³-hybridized carbons (Fsp3) is 0.417. The van der Waals surface area contributed by atoms with E-state index < -0.39 is 0 Å². The number of fused-ring (bicyclic) bond motifs is 1. The molecule has 1 aromatic heterocycles. The Kier molecular flexibility index (Phi) is 1.88. The molecular formula is C12H16N2. The van der Waals surface area contributed by atoms with Gasteiger partial charge >= 0.3 is 0 Å². The summed E-state index contributed by atoms with van der Waals surface area (Å²) >= 11 is 0. The zero-order chi connectivity index (χ0) is 10.3. The van der Waals surface area contributed by atoms with Crippen LogP contribution in [-0.2, 0) is 12.5 Å². The number of benzene rings is 1. The second-order valence-corrected chi connectivity index (χ2v) is 4.76. The summed E-state index contributed by atoms with van der Waals surface area (Å²) in [5.41, 5.74) is 2.78. The highest BCUT2D eigenvalue weighted by molar-refractivity contribution is 5.82. The van der Waals surface area contributed by atoms with Gasteiger partial charge in [0.1, 0.15) is 0 Å². The minimum atomic E-state index is 0.174. The van der Waals surface area contributed by atoms with Crippen molar-refractivity contribution in [1.29, 1.82) is 0 Å². The summed E-state index contributed by atoms with van der Waals surface area (Å²) in [6.07, 6.45) is 1.92. The van der Waals surface area contributed by atoms with Crippen LogP contribution in [0, 0.1) is 0 Å². The van der Waals surface area contributed by atoms with Crippen molar-refractivity contribution >= 4 is 10.9 Å². The molecule has 0 radical (unpaired) electrons. The lowest BCUT2D eigenvalue weighted by molar-refractivity contribution is 0.590. The quantitative estimate of drug-likeness (QED) is 0.621.